The number of nitro benzene ring substituents is 1. The molecule has 0 aliphatic rings. The number of ether oxygens (including phenoxy) is 1. The number of non-ortho nitro benzene ring substituents is 1. The van der Waals surface area contributed by atoms with Gasteiger partial charge in [-0.15, -0.1) is 0 Å². The van der Waals surface area contributed by atoms with Gasteiger partial charge in [0.05, 0.1) is 16.6 Å². The van der Waals surface area contributed by atoms with Crippen LogP contribution in [0.25, 0.3) is 0 Å². The molecular weight excluding hydrogens is 270 g/mol. The molecule has 0 spiro atoms. The Labute approximate surface area is 121 Å². The summed E-state index contributed by atoms with van der Waals surface area (Å²) >= 11 is 0. The van der Waals surface area contributed by atoms with Crippen LogP contribution in [0.2, 0.25) is 0 Å². The van der Waals surface area contributed by atoms with Crippen LogP contribution < -0.4 is 10.1 Å². The third-order valence-corrected chi connectivity index (χ3v) is 2.93. The first kappa shape index (κ1) is 14.3. The molecule has 0 radical (unpaired) electrons. The van der Waals surface area contributed by atoms with Crippen molar-refractivity contribution in [1.82, 2.24) is 0 Å². The predicted octanol–water partition coefficient (Wildman–Crippen LogP) is 3.09. The summed E-state index contributed by atoms with van der Waals surface area (Å²) in [5, 5.41) is 22.6. The van der Waals surface area contributed by atoms with Crippen LogP contribution in [0.5, 0.6) is 5.75 Å². The Morgan fingerprint density at radius 3 is 2.81 bits per heavy atom. The van der Waals surface area contributed by atoms with E-state index >= 15 is 0 Å². The maximum Gasteiger partial charge on any atom is 0.269 e. The SMILES string of the molecule is CNc1ccc([N+](=O)[O-])cc1COc1cccc(C#N)c1. The van der Waals surface area contributed by atoms with Crippen LogP contribution in [0.3, 0.4) is 0 Å². The fraction of sp³-hybridized carbons (Fsp3) is 0.133. The largest absolute Gasteiger partial charge is 0.489 e. The molecule has 106 valence electrons. The molecule has 0 atom stereocenters. The fourth-order valence-corrected chi connectivity index (χ4v) is 1.87. The van der Waals surface area contributed by atoms with E-state index in [0.717, 1.165) is 5.69 Å². The molecule has 0 amide bonds. The van der Waals surface area contributed by atoms with Crippen molar-refractivity contribution in [2.75, 3.05) is 12.4 Å². The quantitative estimate of drug-likeness (QED) is 0.673. The normalized spacial score (nSPS) is 9.71. The third kappa shape index (κ3) is 3.48. The van der Waals surface area contributed by atoms with Gasteiger partial charge in [-0.05, 0) is 24.3 Å². The number of rotatable bonds is 5. The lowest BCUT2D eigenvalue weighted by Crippen LogP contribution is -2.02. The highest BCUT2D eigenvalue weighted by Gasteiger charge is 2.10. The van der Waals surface area contributed by atoms with Gasteiger partial charge in [0.15, 0.2) is 0 Å². The van der Waals surface area contributed by atoms with Crippen LogP contribution >= 0.6 is 0 Å². The summed E-state index contributed by atoms with van der Waals surface area (Å²) in [5.74, 6) is 0.544. The second kappa shape index (κ2) is 6.39. The van der Waals surface area contributed by atoms with Gasteiger partial charge in [0.1, 0.15) is 12.4 Å². The van der Waals surface area contributed by atoms with E-state index in [2.05, 4.69) is 5.32 Å². The summed E-state index contributed by atoms with van der Waals surface area (Å²) in [4.78, 5) is 10.4. The van der Waals surface area contributed by atoms with Crippen LogP contribution in [-0.2, 0) is 6.61 Å². The monoisotopic (exact) mass is 283 g/mol. The van der Waals surface area contributed by atoms with Gasteiger partial charge in [0.25, 0.3) is 5.69 Å². The number of hydrogen-bond donors (Lipinski definition) is 1. The lowest BCUT2D eigenvalue weighted by Gasteiger charge is -2.11. The summed E-state index contributed by atoms with van der Waals surface area (Å²) in [7, 11) is 1.74. The van der Waals surface area contributed by atoms with Crippen molar-refractivity contribution in [3.8, 4) is 11.8 Å². The van der Waals surface area contributed by atoms with E-state index in [1.54, 1.807) is 37.4 Å². The zero-order valence-corrected chi connectivity index (χ0v) is 11.4. The molecule has 2 rings (SSSR count). The van der Waals surface area contributed by atoms with Crippen LogP contribution in [0.1, 0.15) is 11.1 Å². The molecule has 21 heavy (non-hydrogen) atoms. The topological polar surface area (TPSA) is 88.2 Å². The molecule has 0 aromatic heterocycles. The minimum atomic E-state index is -0.445. The molecule has 0 bridgehead atoms. The molecule has 0 aliphatic carbocycles. The van der Waals surface area contributed by atoms with Gasteiger partial charge < -0.3 is 10.1 Å². The molecule has 6 nitrogen and oxygen atoms in total. The van der Waals surface area contributed by atoms with E-state index in [-0.39, 0.29) is 12.3 Å². The predicted molar refractivity (Wildman–Crippen MR) is 78.1 cm³/mol. The van der Waals surface area contributed by atoms with E-state index in [1.807, 2.05) is 6.07 Å². The smallest absolute Gasteiger partial charge is 0.269 e. The summed E-state index contributed by atoms with van der Waals surface area (Å²) in [6, 6.07) is 13.3. The molecule has 0 saturated heterocycles. The Kier molecular flexibility index (Phi) is 4.36. The van der Waals surface area contributed by atoms with Gasteiger partial charge in [0.2, 0.25) is 0 Å². The molecule has 1 N–H and O–H groups in total. The Hall–Kier alpha value is -3.07. The van der Waals surface area contributed by atoms with Gasteiger partial charge in [-0.1, -0.05) is 6.07 Å². The average Bonchev–Trinajstić information content (AvgIpc) is 2.52. The van der Waals surface area contributed by atoms with Crippen molar-refractivity contribution in [2.24, 2.45) is 0 Å². The third-order valence-electron chi connectivity index (χ3n) is 2.93. The molecule has 2 aromatic rings. The number of nitriles is 1. The Balaban J connectivity index is 2.20. The number of benzene rings is 2. The van der Waals surface area contributed by atoms with E-state index in [4.69, 9.17) is 10.00 Å². The zero-order valence-electron chi connectivity index (χ0n) is 11.4. The van der Waals surface area contributed by atoms with E-state index in [9.17, 15) is 10.1 Å². The molecule has 0 fully saturated rings. The van der Waals surface area contributed by atoms with Crippen molar-refractivity contribution in [1.29, 1.82) is 5.26 Å². The highest BCUT2D eigenvalue weighted by molar-refractivity contribution is 5.55. The standard InChI is InChI=1S/C15H13N3O3/c1-17-15-6-5-13(18(19)20)8-12(15)10-21-14-4-2-3-11(7-14)9-16/h2-8,17H,10H2,1H3. The van der Waals surface area contributed by atoms with Crippen molar-refractivity contribution in [3.05, 3.63) is 63.7 Å². The minimum absolute atomic E-state index is 0.0124. The van der Waals surface area contributed by atoms with Crippen LogP contribution in [0.4, 0.5) is 11.4 Å². The first-order valence-corrected chi connectivity index (χ1v) is 6.22. The first-order chi connectivity index (χ1) is 10.1. The average molecular weight is 283 g/mol. The van der Waals surface area contributed by atoms with E-state index in [1.165, 1.54) is 12.1 Å². The van der Waals surface area contributed by atoms with Crippen molar-refractivity contribution in [2.45, 2.75) is 6.61 Å². The van der Waals surface area contributed by atoms with E-state index < -0.39 is 4.92 Å². The summed E-state index contributed by atoms with van der Waals surface area (Å²) in [6.07, 6.45) is 0. The Bertz CT molecular complexity index is 708. The molecule has 0 heterocycles. The summed E-state index contributed by atoms with van der Waals surface area (Å²) < 4.78 is 5.60. The van der Waals surface area contributed by atoms with E-state index in [0.29, 0.717) is 16.9 Å². The van der Waals surface area contributed by atoms with Crippen LogP contribution in [0, 0.1) is 21.4 Å². The zero-order chi connectivity index (χ0) is 15.2. The molecule has 0 aliphatic heterocycles. The second-order valence-corrected chi connectivity index (χ2v) is 4.28. The van der Waals surface area contributed by atoms with Gasteiger partial charge >= 0.3 is 0 Å². The maximum atomic E-state index is 10.8. The summed E-state index contributed by atoms with van der Waals surface area (Å²) in [5.41, 5.74) is 1.95. The Morgan fingerprint density at radius 1 is 1.33 bits per heavy atom. The van der Waals surface area contributed by atoms with Crippen molar-refractivity contribution >= 4 is 11.4 Å². The summed E-state index contributed by atoms with van der Waals surface area (Å²) in [6.45, 7) is 0.173. The van der Waals surface area contributed by atoms with Crippen molar-refractivity contribution in [3.63, 3.8) is 0 Å². The maximum absolute atomic E-state index is 10.8. The number of nitro groups is 1. The number of nitrogens with zero attached hydrogens (tertiary/aromatic N) is 2. The highest BCUT2D eigenvalue weighted by Crippen LogP contribution is 2.23. The lowest BCUT2D eigenvalue weighted by molar-refractivity contribution is -0.384. The molecule has 2 aromatic carbocycles. The fourth-order valence-electron chi connectivity index (χ4n) is 1.87. The van der Waals surface area contributed by atoms with Gasteiger partial charge in [0, 0.05) is 30.4 Å². The second-order valence-electron chi connectivity index (χ2n) is 4.28. The van der Waals surface area contributed by atoms with Crippen molar-refractivity contribution < 1.29 is 9.66 Å². The first-order valence-electron chi connectivity index (χ1n) is 6.22. The Morgan fingerprint density at radius 2 is 2.14 bits per heavy atom. The number of hydrogen-bond acceptors (Lipinski definition) is 5. The number of anilines is 1. The van der Waals surface area contributed by atoms with Gasteiger partial charge in [-0.2, -0.15) is 5.26 Å². The molecule has 0 saturated carbocycles. The number of nitrogens with one attached hydrogen (secondary N) is 1. The highest BCUT2D eigenvalue weighted by atomic mass is 16.6. The lowest BCUT2D eigenvalue weighted by atomic mass is 10.1. The van der Waals surface area contributed by atoms with Gasteiger partial charge in [-0.25, -0.2) is 0 Å². The van der Waals surface area contributed by atoms with Crippen LogP contribution in [-0.4, -0.2) is 12.0 Å². The molecule has 0 unspecified atom stereocenters. The minimum Gasteiger partial charge on any atom is -0.489 e. The molecular formula is C15H13N3O3. The van der Waals surface area contributed by atoms with Gasteiger partial charge in [-0.3, -0.25) is 10.1 Å². The van der Waals surface area contributed by atoms with Crippen LogP contribution in [0.15, 0.2) is 42.5 Å². The molecule has 6 heteroatoms.